The number of hydrogen-bond donors (Lipinski definition) is 0. The van der Waals surface area contributed by atoms with E-state index < -0.39 is 0 Å². The number of amides is 3. The summed E-state index contributed by atoms with van der Waals surface area (Å²) in [6.07, 6.45) is 3.70. The van der Waals surface area contributed by atoms with Crippen LogP contribution in [0.3, 0.4) is 0 Å². The molecule has 3 heterocycles. The Kier molecular flexibility index (Phi) is 5.25. The standard InChI is InChI=1S/C21H28N6O2/c1-15-6-4-5-7-17(15)20-18-12-26(19(28)8-9-25-13-22-23-14-25)10-16(18)11-27(20)21(29)24(2)3/h4-7,13-14,16,18,20H,8-12H2,1-3H3/t16-,18-,20+/m1/s1. The van der Waals surface area contributed by atoms with E-state index in [0.717, 1.165) is 0 Å². The fourth-order valence-corrected chi connectivity index (χ4v) is 4.74. The Morgan fingerprint density at radius 2 is 1.83 bits per heavy atom. The van der Waals surface area contributed by atoms with Crippen molar-refractivity contribution in [1.82, 2.24) is 29.5 Å². The highest BCUT2D eigenvalue weighted by molar-refractivity contribution is 5.77. The highest BCUT2D eigenvalue weighted by Gasteiger charge is 2.50. The summed E-state index contributed by atoms with van der Waals surface area (Å²) in [5, 5.41) is 7.56. The van der Waals surface area contributed by atoms with Crippen molar-refractivity contribution in [2.75, 3.05) is 33.7 Å². The van der Waals surface area contributed by atoms with Crippen LogP contribution in [0.1, 0.15) is 23.6 Å². The number of nitrogens with zero attached hydrogens (tertiary/aromatic N) is 6. The Morgan fingerprint density at radius 3 is 2.52 bits per heavy atom. The van der Waals surface area contributed by atoms with E-state index in [0.29, 0.717) is 38.5 Å². The fourth-order valence-electron chi connectivity index (χ4n) is 4.74. The molecule has 0 aliphatic carbocycles. The lowest BCUT2D eigenvalue weighted by molar-refractivity contribution is -0.130. The number of aryl methyl sites for hydroxylation is 2. The summed E-state index contributed by atoms with van der Waals surface area (Å²) in [5.41, 5.74) is 2.38. The first kappa shape index (κ1) is 19.4. The number of likely N-dealkylation sites (tertiary alicyclic amines) is 2. The van der Waals surface area contributed by atoms with Crippen LogP contribution >= 0.6 is 0 Å². The second-order valence-electron chi connectivity index (χ2n) is 8.30. The number of rotatable bonds is 4. The van der Waals surface area contributed by atoms with Gasteiger partial charge in [0.05, 0.1) is 6.04 Å². The van der Waals surface area contributed by atoms with Gasteiger partial charge in [0.25, 0.3) is 0 Å². The number of benzene rings is 1. The molecule has 0 bridgehead atoms. The lowest BCUT2D eigenvalue weighted by Crippen LogP contribution is -2.42. The van der Waals surface area contributed by atoms with E-state index in [9.17, 15) is 9.59 Å². The third-order valence-corrected chi connectivity index (χ3v) is 6.20. The molecule has 2 aliphatic heterocycles. The molecule has 0 saturated carbocycles. The number of urea groups is 1. The van der Waals surface area contributed by atoms with Crippen molar-refractivity contribution in [3.8, 4) is 0 Å². The molecule has 0 unspecified atom stereocenters. The van der Waals surface area contributed by atoms with Crippen LogP contribution < -0.4 is 0 Å². The Balaban J connectivity index is 1.52. The van der Waals surface area contributed by atoms with Crippen molar-refractivity contribution >= 4 is 11.9 Å². The molecule has 1 aromatic carbocycles. The van der Waals surface area contributed by atoms with Gasteiger partial charge in [0.2, 0.25) is 5.91 Å². The van der Waals surface area contributed by atoms with Crippen LogP contribution in [0.2, 0.25) is 0 Å². The third-order valence-electron chi connectivity index (χ3n) is 6.20. The quantitative estimate of drug-likeness (QED) is 0.790. The van der Waals surface area contributed by atoms with Crippen molar-refractivity contribution in [3.63, 3.8) is 0 Å². The molecule has 2 aromatic rings. The summed E-state index contributed by atoms with van der Waals surface area (Å²) >= 11 is 0. The van der Waals surface area contributed by atoms with Gasteiger partial charge in [0.1, 0.15) is 12.7 Å². The van der Waals surface area contributed by atoms with Crippen molar-refractivity contribution in [1.29, 1.82) is 0 Å². The monoisotopic (exact) mass is 396 g/mol. The summed E-state index contributed by atoms with van der Waals surface area (Å²) in [4.78, 5) is 31.3. The summed E-state index contributed by atoms with van der Waals surface area (Å²) < 4.78 is 1.82. The molecule has 3 amide bonds. The molecule has 29 heavy (non-hydrogen) atoms. The van der Waals surface area contributed by atoms with Gasteiger partial charge in [-0.25, -0.2) is 4.79 Å². The van der Waals surface area contributed by atoms with Crippen LogP contribution in [-0.2, 0) is 11.3 Å². The molecule has 2 fully saturated rings. The molecule has 0 radical (unpaired) electrons. The zero-order chi connectivity index (χ0) is 20.5. The topological polar surface area (TPSA) is 74.6 Å². The third kappa shape index (κ3) is 3.71. The molecule has 8 nitrogen and oxygen atoms in total. The number of fused-ring (bicyclic) bond motifs is 1. The minimum absolute atomic E-state index is 0.00625. The molecule has 0 N–H and O–H groups in total. The average molecular weight is 396 g/mol. The van der Waals surface area contributed by atoms with E-state index >= 15 is 0 Å². The zero-order valence-corrected chi connectivity index (χ0v) is 17.2. The van der Waals surface area contributed by atoms with E-state index in [1.807, 2.05) is 26.5 Å². The first-order chi connectivity index (χ1) is 14.0. The van der Waals surface area contributed by atoms with E-state index in [2.05, 4.69) is 29.3 Å². The van der Waals surface area contributed by atoms with Crippen molar-refractivity contribution in [2.45, 2.75) is 25.9 Å². The average Bonchev–Trinajstić information content (AvgIpc) is 3.42. The second-order valence-corrected chi connectivity index (χ2v) is 8.30. The lowest BCUT2D eigenvalue weighted by atomic mass is 9.88. The Morgan fingerprint density at radius 1 is 1.10 bits per heavy atom. The molecule has 0 spiro atoms. The van der Waals surface area contributed by atoms with Gasteiger partial charge >= 0.3 is 6.03 Å². The van der Waals surface area contributed by atoms with Gasteiger partial charge in [-0.3, -0.25) is 4.79 Å². The van der Waals surface area contributed by atoms with Crippen LogP contribution in [0.15, 0.2) is 36.9 Å². The van der Waals surface area contributed by atoms with E-state index in [-0.39, 0.29) is 23.9 Å². The molecule has 2 aliphatic rings. The van der Waals surface area contributed by atoms with Crippen LogP contribution in [0.4, 0.5) is 4.79 Å². The molecule has 1 aromatic heterocycles. The van der Waals surface area contributed by atoms with Gasteiger partial charge in [-0.1, -0.05) is 24.3 Å². The van der Waals surface area contributed by atoms with Crippen LogP contribution in [0.5, 0.6) is 0 Å². The largest absolute Gasteiger partial charge is 0.342 e. The molecule has 2 saturated heterocycles. The highest BCUT2D eigenvalue weighted by atomic mass is 16.2. The van der Waals surface area contributed by atoms with Crippen molar-refractivity contribution in [3.05, 3.63) is 48.0 Å². The van der Waals surface area contributed by atoms with Gasteiger partial charge < -0.3 is 19.3 Å². The maximum atomic E-state index is 12.9. The lowest BCUT2D eigenvalue weighted by Gasteiger charge is -2.32. The number of aromatic nitrogens is 3. The SMILES string of the molecule is Cc1ccccc1[C@H]1[C@@H]2CN(C(=O)CCn3cnnc3)C[C@@H]2CN1C(=O)N(C)C. The predicted octanol–water partition coefficient (Wildman–Crippen LogP) is 1.79. The van der Waals surface area contributed by atoms with Crippen molar-refractivity contribution in [2.24, 2.45) is 11.8 Å². The van der Waals surface area contributed by atoms with Crippen LogP contribution in [0, 0.1) is 18.8 Å². The maximum Gasteiger partial charge on any atom is 0.320 e. The minimum Gasteiger partial charge on any atom is -0.342 e. The first-order valence-electron chi connectivity index (χ1n) is 10.1. The molecular weight excluding hydrogens is 368 g/mol. The maximum absolute atomic E-state index is 12.9. The highest BCUT2D eigenvalue weighted by Crippen LogP contribution is 2.46. The minimum atomic E-state index is 0.00625. The first-order valence-corrected chi connectivity index (χ1v) is 10.1. The molecule has 3 atom stereocenters. The fraction of sp³-hybridized carbons (Fsp3) is 0.524. The number of carbonyl (C=O) groups excluding carboxylic acids is 2. The van der Waals surface area contributed by atoms with Crippen LogP contribution in [0.25, 0.3) is 0 Å². The van der Waals surface area contributed by atoms with Crippen molar-refractivity contribution < 1.29 is 9.59 Å². The van der Waals surface area contributed by atoms with Gasteiger partial charge in [0.15, 0.2) is 0 Å². The summed E-state index contributed by atoms with van der Waals surface area (Å²) in [5.74, 6) is 0.725. The number of hydrogen-bond acceptors (Lipinski definition) is 4. The van der Waals surface area contributed by atoms with Gasteiger partial charge in [0, 0.05) is 58.5 Å². The van der Waals surface area contributed by atoms with Gasteiger partial charge in [-0.15, -0.1) is 10.2 Å². The summed E-state index contributed by atoms with van der Waals surface area (Å²) in [6, 6.07) is 8.32. The molecular formula is C21H28N6O2. The Hall–Kier alpha value is -2.90. The number of carbonyl (C=O) groups is 2. The van der Waals surface area contributed by atoms with Gasteiger partial charge in [-0.2, -0.15) is 0 Å². The molecule has 8 heteroatoms. The van der Waals surface area contributed by atoms with E-state index in [1.165, 1.54) is 11.1 Å². The van der Waals surface area contributed by atoms with E-state index in [1.54, 1.807) is 31.6 Å². The predicted molar refractivity (Wildman–Crippen MR) is 108 cm³/mol. The Bertz CT molecular complexity index is 881. The Labute approximate surface area is 171 Å². The normalized spacial score (nSPS) is 23.3. The summed E-state index contributed by atoms with van der Waals surface area (Å²) in [6.45, 7) is 4.78. The smallest absolute Gasteiger partial charge is 0.320 e. The molecule has 154 valence electrons. The summed E-state index contributed by atoms with van der Waals surface area (Å²) in [7, 11) is 3.60. The van der Waals surface area contributed by atoms with E-state index in [4.69, 9.17) is 0 Å². The van der Waals surface area contributed by atoms with Gasteiger partial charge in [-0.05, 0) is 18.1 Å². The second kappa shape index (κ2) is 7.85. The zero-order valence-electron chi connectivity index (χ0n) is 17.2. The van der Waals surface area contributed by atoms with Crippen LogP contribution in [-0.4, -0.2) is 75.1 Å². The molecule has 4 rings (SSSR count).